The Balaban J connectivity index is 2.27. The smallest absolute Gasteiger partial charge is 0.0434 e. The first-order chi connectivity index (χ1) is 7.65. The zero-order valence-corrected chi connectivity index (χ0v) is 11.3. The summed E-state index contributed by atoms with van der Waals surface area (Å²) in [5, 5.41) is 8.89. The molecule has 0 aromatic heterocycles. The topological polar surface area (TPSA) is 23.5 Å². The van der Waals surface area contributed by atoms with Gasteiger partial charge in [-0.1, -0.05) is 33.6 Å². The van der Waals surface area contributed by atoms with E-state index in [9.17, 15) is 0 Å². The molecule has 1 rings (SSSR count). The molecule has 0 bridgehead atoms. The van der Waals surface area contributed by atoms with Gasteiger partial charge >= 0.3 is 0 Å². The van der Waals surface area contributed by atoms with Crippen LogP contribution in [0.5, 0.6) is 0 Å². The second-order valence-corrected chi connectivity index (χ2v) is 5.79. The zero-order chi connectivity index (χ0) is 12.0. The molecule has 1 saturated heterocycles. The van der Waals surface area contributed by atoms with Crippen molar-refractivity contribution in [1.82, 2.24) is 4.90 Å². The lowest BCUT2D eigenvalue weighted by molar-refractivity contribution is -0.0240. The molecule has 1 heterocycles. The fraction of sp³-hybridized carbons (Fsp3) is 1.00. The number of hydrogen-bond donors (Lipinski definition) is 1. The van der Waals surface area contributed by atoms with Crippen LogP contribution in [0.25, 0.3) is 0 Å². The van der Waals surface area contributed by atoms with Gasteiger partial charge in [0.1, 0.15) is 0 Å². The third-order valence-corrected chi connectivity index (χ3v) is 3.87. The van der Waals surface area contributed by atoms with Crippen LogP contribution in [0.1, 0.15) is 52.9 Å². The lowest BCUT2D eigenvalue weighted by Gasteiger charge is -2.51. The van der Waals surface area contributed by atoms with Crippen LogP contribution >= 0.6 is 0 Å². The van der Waals surface area contributed by atoms with E-state index in [-0.39, 0.29) is 0 Å². The van der Waals surface area contributed by atoms with Gasteiger partial charge < -0.3 is 10.0 Å². The lowest BCUT2D eigenvalue weighted by Crippen LogP contribution is -2.57. The Kier molecular flexibility index (Phi) is 5.77. The molecule has 2 heteroatoms. The van der Waals surface area contributed by atoms with E-state index in [0.29, 0.717) is 17.9 Å². The number of rotatable bonds is 8. The van der Waals surface area contributed by atoms with Crippen LogP contribution in [0.2, 0.25) is 0 Å². The van der Waals surface area contributed by atoms with Gasteiger partial charge in [0, 0.05) is 26.2 Å². The Labute approximate surface area is 101 Å². The van der Waals surface area contributed by atoms with Crippen molar-refractivity contribution in [3.8, 4) is 0 Å². The van der Waals surface area contributed by atoms with Crippen LogP contribution in [-0.2, 0) is 0 Å². The number of aliphatic hydroxyl groups excluding tert-OH is 1. The maximum atomic E-state index is 8.89. The fourth-order valence-corrected chi connectivity index (χ4v) is 3.29. The predicted molar refractivity (Wildman–Crippen MR) is 69.6 cm³/mol. The molecule has 1 fully saturated rings. The summed E-state index contributed by atoms with van der Waals surface area (Å²) in [6.45, 7) is 11.0. The fourth-order valence-electron chi connectivity index (χ4n) is 3.29. The molecule has 1 atom stereocenters. The van der Waals surface area contributed by atoms with Gasteiger partial charge in [0.25, 0.3) is 0 Å². The minimum absolute atomic E-state index is 0.337. The van der Waals surface area contributed by atoms with Crippen molar-refractivity contribution in [3.05, 3.63) is 0 Å². The van der Waals surface area contributed by atoms with E-state index >= 15 is 0 Å². The molecule has 1 unspecified atom stereocenters. The van der Waals surface area contributed by atoms with Crippen molar-refractivity contribution < 1.29 is 5.11 Å². The summed E-state index contributed by atoms with van der Waals surface area (Å²) in [7, 11) is 0. The minimum Gasteiger partial charge on any atom is -0.396 e. The van der Waals surface area contributed by atoms with E-state index in [1.165, 1.54) is 45.3 Å². The van der Waals surface area contributed by atoms with Gasteiger partial charge in [-0.2, -0.15) is 0 Å². The SMILES string of the molecule is CCCC1(CCC)CN(CC(C)CCO)C1. The first kappa shape index (κ1) is 14.0. The van der Waals surface area contributed by atoms with Gasteiger partial charge in [0.05, 0.1) is 0 Å². The summed E-state index contributed by atoms with van der Waals surface area (Å²) in [5.41, 5.74) is 0.641. The number of aliphatic hydroxyl groups is 1. The van der Waals surface area contributed by atoms with Crippen molar-refractivity contribution in [2.45, 2.75) is 52.9 Å². The highest BCUT2D eigenvalue weighted by molar-refractivity contribution is 4.94. The number of likely N-dealkylation sites (tertiary alicyclic amines) is 1. The van der Waals surface area contributed by atoms with Crippen LogP contribution in [-0.4, -0.2) is 36.2 Å². The molecule has 1 aliphatic rings. The molecule has 0 spiro atoms. The predicted octanol–water partition coefficient (Wildman–Crippen LogP) is 2.91. The molecule has 96 valence electrons. The van der Waals surface area contributed by atoms with Crippen LogP contribution in [0.4, 0.5) is 0 Å². The molecule has 16 heavy (non-hydrogen) atoms. The van der Waals surface area contributed by atoms with Crippen molar-refractivity contribution in [2.75, 3.05) is 26.2 Å². The van der Waals surface area contributed by atoms with E-state index < -0.39 is 0 Å². The molecule has 2 nitrogen and oxygen atoms in total. The van der Waals surface area contributed by atoms with Gasteiger partial charge in [-0.05, 0) is 30.6 Å². The highest BCUT2D eigenvalue weighted by Gasteiger charge is 2.40. The maximum absolute atomic E-state index is 8.89. The third-order valence-electron chi connectivity index (χ3n) is 3.87. The summed E-state index contributed by atoms with van der Waals surface area (Å²) in [4.78, 5) is 2.58. The third kappa shape index (κ3) is 3.74. The average molecular weight is 227 g/mol. The molecule has 0 saturated carbocycles. The summed E-state index contributed by atoms with van der Waals surface area (Å²) in [6, 6.07) is 0. The highest BCUT2D eigenvalue weighted by atomic mass is 16.3. The summed E-state index contributed by atoms with van der Waals surface area (Å²) in [6.07, 6.45) is 6.38. The first-order valence-electron chi connectivity index (χ1n) is 6.99. The summed E-state index contributed by atoms with van der Waals surface area (Å²) >= 11 is 0. The maximum Gasteiger partial charge on any atom is 0.0434 e. The van der Waals surface area contributed by atoms with Crippen molar-refractivity contribution in [1.29, 1.82) is 0 Å². The molecular weight excluding hydrogens is 198 g/mol. The van der Waals surface area contributed by atoms with E-state index in [4.69, 9.17) is 5.11 Å². The van der Waals surface area contributed by atoms with Crippen LogP contribution in [0, 0.1) is 11.3 Å². The van der Waals surface area contributed by atoms with E-state index in [1.807, 2.05) is 0 Å². The van der Waals surface area contributed by atoms with Gasteiger partial charge in [-0.3, -0.25) is 0 Å². The second kappa shape index (κ2) is 6.61. The van der Waals surface area contributed by atoms with Gasteiger partial charge in [0.2, 0.25) is 0 Å². The van der Waals surface area contributed by atoms with Crippen molar-refractivity contribution in [2.24, 2.45) is 11.3 Å². The molecule has 0 aromatic carbocycles. The second-order valence-electron chi connectivity index (χ2n) is 5.79. The van der Waals surface area contributed by atoms with Crippen LogP contribution in [0.15, 0.2) is 0 Å². The monoisotopic (exact) mass is 227 g/mol. The Morgan fingerprint density at radius 3 is 2.19 bits per heavy atom. The van der Waals surface area contributed by atoms with Gasteiger partial charge in [0.15, 0.2) is 0 Å². The van der Waals surface area contributed by atoms with Gasteiger partial charge in [-0.15, -0.1) is 0 Å². The van der Waals surface area contributed by atoms with Crippen molar-refractivity contribution >= 4 is 0 Å². The molecule has 1 N–H and O–H groups in total. The molecule has 1 aliphatic heterocycles. The Hall–Kier alpha value is -0.0800. The van der Waals surface area contributed by atoms with E-state index in [1.54, 1.807) is 0 Å². The number of hydrogen-bond acceptors (Lipinski definition) is 2. The summed E-state index contributed by atoms with van der Waals surface area (Å²) in [5.74, 6) is 0.645. The van der Waals surface area contributed by atoms with E-state index in [0.717, 1.165) is 6.42 Å². The average Bonchev–Trinajstić information content (AvgIpc) is 2.16. The Morgan fingerprint density at radius 2 is 1.75 bits per heavy atom. The summed E-state index contributed by atoms with van der Waals surface area (Å²) < 4.78 is 0. The van der Waals surface area contributed by atoms with Crippen molar-refractivity contribution in [3.63, 3.8) is 0 Å². The quantitative estimate of drug-likeness (QED) is 0.689. The minimum atomic E-state index is 0.337. The normalized spacial score (nSPS) is 21.8. The largest absolute Gasteiger partial charge is 0.396 e. The Morgan fingerprint density at radius 1 is 1.19 bits per heavy atom. The molecule has 0 aliphatic carbocycles. The Bertz CT molecular complexity index is 179. The zero-order valence-electron chi connectivity index (χ0n) is 11.3. The lowest BCUT2D eigenvalue weighted by atomic mass is 9.72. The van der Waals surface area contributed by atoms with Crippen LogP contribution < -0.4 is 0 Å². The standard InChI is InChI=1S/C14H29NO/c1-4-7-14(8-5-2)11-15(12-14)10-13(3)6-9-16/h13,16H,4-12H2,1-3H3. The number of nitrogens with zero attached hydrogens (tertiary/aromatic N) is 1. The first-order valence-corrected chi connectivity index (χ1v) is 6.99. The molecule has 0 aromatic rings. The molecular formula is C14H29NO. The molecule has 0 amide bonds. The van der Waals surface area contributed by atoms with E-state index in [2.05, 4.69) is 25.7 Å². The highest BCUT2D eigenvalue weighted by Crippen LogP contribution is 2.39. The van der Waals surface area contributed by atoms with Crippen LogP contribution in [0.3, 0.4) is 0 Å². The molecule has 0 radical (unpaired) electrons. The van der Waals surface area contributed by atoms with Gasteiger partial charge in [-0.25, -0.2) is 0 Å².